The first-order valence-corrected chi connectivity index (χ1v) is 23.5. The lowest BCUT2D eigenvalue weighted by Crippen LogP contribution is -2.12. The van der Waals surface area contributed by atoms with Crippen molar-refractivity contribution in [2.75, 3.05) is 9.80 Å². The summed E-state index contributed by atoms with van der Waals surface area (Å²) in [4.78, 5) is 4.74. The molecule has 11 aromatic carbocycles. The van der Waals surface area contributed by atoms with Crippen molar-refractivity contribution in [3.63, 3.8) is 0 Å². The SMILES string of the molecule is c1ccc(-c2ccc(N(c3ccc(-c4ccccc4)cc3)c3cccc(-c4ccccc4N(c4ccc(-c5ccccc5)cc4)c4ccc(-c5ccc6c(c5)oc5ccccc56)cc4)c3)cc2)cc1. The van der Waals surface area contributed by atoms with Crippen LogP contribution < -0.4 is 9.80 Å². The van der Waals surface area contributed by atoms with Gasteiger partial charge in [0.1, 0.15) is 11.2 Å². The average molecular weight is 883 g/mol. The van der Waals surface area contributed by atoms with Crippen molar-refractivity contribution >= 4 is 56.1 Å². The summed E-state index contributed by atoms with van der Waals surface area (Å²) in [7, 11) is 0. The number of fused-ring (bicyclic) bond motifs is 3. The van der Waals surface area contributed by atoms with E-state index in [-0.39, 0.29) is 0 Å². The fourth-order valence-electron chi connectivity index (χ4n) is 9.61. The Hall–Kier alpha value is -9.18. The van der Waals surface area contributed by atoms with Crippen molar-refractivity contribution in [1.82, 2.24) is 0 Å². The van der Waals surface area contributed by atoms with Crippen LogP contribution in [0.25, 0.3) is 77.6 Å². The summed E-state index contributed by atoms with van der Waals surface area (Å²) in [6.45, 7) is 0. The number of benzene rings is 11. The summed E-state index contributed by atoms with van der Waals surface area (Å²) >= 11 is 0. The molecule has 12 rings (SSSR count). The Labute approximate surface area is 403 Å². The summed E-state index contributed by atoms with van der Waals surface area (Å²) in [6, 6.07) is 99.8. The quantitative estimate of drug-likeness (QED) is 0.129. The van der Waals surface area contributed by atoms with E-state index in [0.717, 1.165) is 78.3 Å². The lowest BCUT2D eigenvalue weighted by atomic mass is 9.99. The molecule has 0 bridgehead atoms. The van der Waals surface area contributed by atoms with Crippen LogP contribution in [-0.4, -0.2) is 0 Å². The molecule has 0 aliphatic carbocycles. The molecular weight excluding hydrogens is 837 g/mol. The van der Waals surface area contributed by atoms with Crippen molar-refractivity contribution in [3.8, 4) is 55.6 Å². The molecule has 3 heteroatoms. The topological polar surface area (TPSA) is 19.6 Å². The molecule has 0 fully saturated rings. The Balaban J connectivity index is 0.950. The number of para-hydroxylation sites is 2. The minimum Gasteiger partial charge on any atom is -0.456 e. The van der Waals surface area contributed by atoms with Crippen LogP contribution in [0, 0.1) is 0 Å². The maximum absolute atomic E-state index is 6.29. The number of anilines is 6. The lowest BCUT2D eigenvalue weighted by Gasteiger charge is -2.29. The number of hydrogen-bond acceptors (Lipinski definition) is 3. The average Bonchev–Trinajstić information content (AvgIpc) is 3.81. The van der Waals surface area contributed by atoms with Gasteiger partial charge in [-0.05, 0) is 135 Å². The second kappa shape index (κ2) is 18.2. The Morgan fingerprint density at radius 2 is 0.609 bits per heavy atom. The third-order valence-corrected chi connectivity index (χ3v) is 13.1. The molecule has 0 saturated heterocycles. The number of hydrogen-bond donors (Lipinski definition) is 0. The summed E-state index contributed by atoms with van der Waals surface area (Å²) < 4.78 is 6.29. The fourth-order valence-corrected chi connectivity index (χ4v) is 9.61. The summed E-state index contributed by atoms with van der Waals surface area (Å²) in [5.41, 5.74) is 19.8. The van der Waals surface area contributed by atoms with Gasteiger partial charge >= 0.3 is 0 Å². The van der Waals surface area contributed by atoms with E-state index >= 15 is 0 Å². The van der Waals surface area contributed by atoms with Crippen molar-refractivity contribution in [3.05, 3.63) is 279 Å². The third-order valence-electron chi connectivity index (χ3n) is 13.1. The highest BCUT2D eigenvalue weighted by Gasteiger charge is 2.20. The largest absolute Gasteiger partial charge is 0.456 e. The maximum Gasteiger partial charge on any atom is 0.136 e. The van der Waals surface area contributed by atoms with Crippen molar-refractivity contribution < 1.29 is 4.42 Å². The van der Waals surface area contributed by atoms with Crippen LogP contribution in [0.3, 0.4) is 0 Å². The van der Waals surface area contributed by atoms with E-state index in [1.54, 1.807) is 0 Å². The number of rotatable bonds is 11. The first kappa shape index (κ1) is 41.3. The van der Waals surface area contributed by atoms with E-state index in [1.165, 1.54) is 33.4 Å². The zero-order valence-electron chi connectivity index (χ0n) is 37.9. The predicted molar refractivity (Wildman–Crippen MR) is 290 cm³/mol. The monoisotopic (exact) mass is 882 g/mol. The number of furan rings is 1. The predicted octanol–water partition coefficient (Wildman–Crippen LogP) is 18.9. The lowest BCUT2D eigenvalue weighted by molar-refractivity contribution is 0.669. The minimum absolute atomic E-state index is 0.890. The fraction of sp³-hybridized carbons (Fsp3) is 0. The molecular formula is C66H46N2O. The van der Waals surface area contributed by atoms with Crippen LogP contribution in [0.15, 0.2) is 283 Å². The van der Waals surface area contributed by atoms with Gasteiger partial charge < -0.3 is 14.2 Å². The molecule has 12 aromatic rings. The van der Waals surface area contributed by atoms with Gasteiger partial charge in [-0.15, -0.1) is 0 Å². The van der Waals surface area contributed by atoms with Gasteiger partial charge in [-0.2, -0.15) is 0 Å². The van der Waals surface area contributed by atoms with Crippen molar-refractivity contribution in [2.45, 2.75) is 0 Å². The smallest absolute Gasteiger partial charge is 0.136 e. The molecule has 0 N–H and O–H groups in total. The Morgan fingerprint density at radius 1 is 0.217 bits per heavy atom. The molecule has 326 valence electrons. The highest BCUT2D eigenvalue weighted by atomic mass is 16.3. The molecule has 1 aromatic heterocycles. The van der Waals surface area contributed by atoms with Crippen LogP contribution in [0.4, 0.5) is 34.1 Å². The van der Waals surface area contributed by atoms with Gasteiger partial charge in [0.2, 0.25) is 0 Å². The molecule has 0 atom stereocenters. The molecule has 0 amide bonds. The van der Waals surface area contributed by atoms with Gasteiger partial charge in [-0.1, -0.05) is 194 Å². The molecule has 0 unspecified atom stereocenters. The Morgan fingerprint density at radius 3 is 1.14 bits per heavy atom. The molecule has 3 nitrogen and oxygen atoms in total. The highest BCUT2D eigenvalue weighted by Crippen LogP contribution is 2.44. The van der Waals surface area contributed by atoms with E-state index in [4.69, 9.17) is 4.42 Å². The van der Waals surface area contributed by atoms with E-state index in [2.05, 4.69) is 277 Å². The van der Waals surface area contributed by atoms with Gasteiger partial charge in [0, 0.05) is 44.8 Å². The first-order valence-electron chi connectivity index (χ1n) is 23.5. The second-order valence-electron chi connectivity index (χ2n) is 17.3. The zero-order valence-corrected chi connectivity index (χ0v) is 37.9. The Kier molecular flexibility index (Phi) is 10.9. The van der Waals surface area contributed by atoms with E-state index in [0.29, 0.717) is 0 Å². The molecule has 0 aliphatic heterocycles. The van der Waals surface area contributed by atoms with E-state index < -0.39 is 0 Å². The molecule has 0 saturated carbocycles. The van der Waals surface area contributed by atoms with Gasteiger partial charge in [0.05, 0.1) is 5.69 Å². The van der Waals surface area contributed by atoms with Crippen LogP contribution in [0.1, 0.15) is 0 Å². The van der Waals surface area contributed by atoms with Crippen molar-refractivity contribution in [1.29, 1.82) is 0 Å². The van der Waals surface area contributed by atoms with E-state index in [1.807, 2.05) is 12.1 Å². The standard InChI is InChI=1S/C66H46N2O/c1-4-15-47(16-5-1)50-27-36-56(37-28-50)67(57-38-29-51(30-39-57)48-17-6-2-7-18-48)60-22-14-21-55(45-60)61-23-10-12-25-64(61)68(58-40-31-52(32-41-58)49-19-8-3-9-20-49)59-42-33-53(34-43-59)54-35-44-63-62-24-11-13-26-65(62)69-66(63)46-54/h1-46H. The van der Waals surface area contributed by atoms with Crippen LogP contribution in [0.5, 0.6) is 0 Å². The summed E-state index contributed by atoms with van der Waals surface area (Å²) in [5, 5.41) is 2.26. The van der Waals surface area contributed by atoms with Crippen LogP contribution >= 0.6 is 0 Å². The second-order valence-corrected chi connectivity index (χ2v) is 17.3. The molecule has 0 spiro atoms. The zero-order chi connectivity index (χ0) is 45.9. The van der Waals surface area contributed by atoms with Crippen LogP contribution in [0.2, 0.25) is 0 Å². The molecule has 0 aliphatic rings. The van der Waals surface area contributed by atoms with Gasteiger partial charge in [-0.3, -0.25) is 0 Å². The first-order chi connectivity index (χ1) is 34.2. The summed E-state index contributed by atoms with van der Waals surface area (Å²) in [6.07, 6.45) is 0. The van der Waals surface area contributed by atoms with Gasteiger partial charge in [-0.25, -0.2) is 0 Å². The van der Waals surface area contributed by atoms with Gasteiger partial charge in [0.15, 0.2) is 0 Å². The molecule has 1 heterocycles. The highest BCUT2D eigenvalue weighted by molar-refractivity contribution is 6.06. The van der Waals surface area contributed by atoms with Crippen molar-refractivity contribution in [2.24, 2.45) is 0 Å². The third kappa shape index (κ3) is 8.24. The Bertz CT molecular complexity index is 3590. The maximum atomic E-state index is 6.29. The van der Waals surface area contributed by atoms with E-state index in [9.17, 15) is 0 Å². The minimum atomic E-state index is 0.890. The van der Waals surface area contributed by atoms with Gasteiger partial charge in [0.25, 0.3) is 0 Å². The number of nitrogens with zero attached hydrogens (tertiary/aromatic N) is 2. The summed E-state index contributed by atoms with van der Waals surface area (Å²) in [5.74, 6) is 0. The normalized spacial score (nSPS) is 11.2. The molecule has 69 heavy (non-hydrogen) atoms. The van der Waals surface area contributed by atoms with Crippen LogP contribution in [-0.2, 0) is 0 Å². The molecule has 0 radical (unpaired) electrons.